The van der Waals surface area contributed by atoms with Crippen LogP contribution in [0.25, 0.3) is 0 Å². The van der Waals surface area contributed by atoms with E-state index in [0.717, 1.165) is 11.0 Å². The molecule has 82 valence electrons. The smallest absolute Gasteiger partial charge is 0.0745 e. The second-order valence-electron chi connectivity index (χ2n) is 3.67. The first-order valence-electron chi connectivity index (χ1n) is 4.95. The largest absolute Gasteiger partial charge is 0.378 e. The summed E-state index contributed by atoms with van der Waals surface area (Å²) in [7, 11) is 0. The maximum Gasteiger partial charge on any atom is 0.0745 e. The maximum atomic E-state index is 6.08. The quantitative estimate of drug-likeness (QED) is 0.864. The van der Waals surface area contributed by atoms with Crippen LogP contribution in [0.3, 0.4) is 0 Å². The fourth-order valence-corrected chi connectivity index (χ4v) is 2.31. The summed E-state index contributed by atoms with van der Waals surface area (Å²) in [5.74, 6) is 0. The Kier molecular flexibility index (Phi) is 4.03. The van der Waals surface area contributed by atoms with Crippen molar-refractivity contribution in [1.29, 1.82) is 0 Å². The minimum absolute atomic E-state index is 0.0946. The normalized spacial score (nSPS) is 25.7. The first-order valence-corrected chi connectivity index (χ1v) is 6.18. The molecule has 1 aliphatic rings. The van der Waals surface area contributed by atoms with Crippen LogP contribution in [-0.4, -0.2) is 24.6 Å². The van der Waals surface area contributed by atoms with Crippen molar-refractivity contribution in [3.63, 3.8) is 0 Å². The van der Waals surface area contributed by atoms with Crippen LogP contribution in [0.5, 0.6) is 0 Å². The Bertz CT molecular complexity index is 334. The molecule has 1 N–H and O–H groups in total. The van der Waals surface area contributed by atoms with Crippen molar-refractivity contribution in [3.05, 3.63) is 34.3 Å². The summed E-state index contributed by atoms with van der Waals surface area (Å²) < 4.78 is 6.38. The van der Waals surface area contributed by atoms with Crippen LogP contribution in [0.2, 0.25) is 0 Å². The Balaban J connectivity index is 1.87. The van der Waals surface area contributed by atoms with Crippen molar-refractivity contribution in [2.45, 2.75) is 18.0 Å². The molecule has 0 bridgehead atoms. The average molecular weight is 291 g/mol. The first kappa shape index (κ1) is 11.4. The van der Waals surface area contributed by atoms with Gasteiger partial charge in [0, 0.05) is 17.1 Å². The van der Waals surface area contributed by atoms with E-state index < -0.39 is 0 Å². The topological polar surface area (TPSA) is 21.3 Å². The molecule has 15 heavy (non-hydrogen) atoms. The molecule has 0 aromatic heterocycles. The molecular formula is C11H13BrClNO. The van der Waals surface area contributed by atoms with Gasteiger partial charge in [-0.25, -0.2) is 0 Å². The van der Waals surface area contributed by atoms with Crippen LogP contribution in [0, 0.1) is 0 Å². The second kappa shape index (κ2) is 5.30. The SMILES string of the molecule is ClC1COCC1NCc1cccc(Br)c1. The molecule has 2 nitrogen and oxygen atoms in total. The molecule has 1 aromatic carbocycles. The molecule has 0 radical (unpaired) electrons. The van der Waals surface area contributed by atoms with E-state index in [4.69, 9.17) is 16.3 Å². The fourth-order valence-electron chi connectivity index (χ4n) is 1.61. The number of hydrogen-bond donors (Lipinski definition) is 1. The monoisotopic (exact) mass is 289 g/mol. The molecule has 0 amide bonds. The summed E-state index contributed by atoms with van der Waals surface area (Å²) in [5, 5.41) is 3.49. The number of ether oxygens (including phenoxy) is 1. The Hall–Kier alpha value is -0.0900. The van der Waals surface area contributed by atoms with Gasteiger partial charge < -0.3 is 10.1 Å². The van der Waals surface area contributed by atoms with Gasteiger partial charge in [0.1, 0.15) is 0 Å². The van der Waals surface area contributed by atoms with Crippen LogP contribution in [0.1, 0.15) is 5.56 Å². The summed E-state index contributed by atoms with van der Waals surface area (Å²) >= 11 is 9.53. The van der Waals surface area contributed by atoms with Crippen molar-refractivity contribution >= 4 is 27.5 Å². The van der Waals surface area contributed by atoms with E-state index in [0.29, 0.717) is 13.2 Å². The maximum absolute atomic E-state index is 6.08. The molecule has 2 unspecified atom stereocenters. The Morgan fingerprint density at radius 3 is 3.00 bits per heavy atom. The molecule has 4 heteroatoms. The molecule has 1 saturated heterocycles. The van der Waals surface area contributed by atoms with Gasteiger partial charge in [0.05, 0.1) is 18.6 Å². The van der Waals surface area contributed by atoms with E-state index in [1.165, 1.54) is 5.56 Å². The van der Waals surface area contributed by atoms with Crippen LogP contribution in [-0.2, 0) is 11.3 Å². The van der Waals surface area contributed by atoms with E-state index in [9.17, 15) is 0 Å². The summed E-state index contributed by atoms with van der Waals surface area (Å²) in [6.07, 6.45) is 0. The lowest BCUT2D eigenvalue weighted by molar-refractivity contribution is 0.190. The zero-order valence-electron chi connectivity index (χ0n) is 8.25. The molecular weight excluding hydrogens is 277 g/mol. The lowest BCUT2D eigenvalue weighted by atomic mass is 10.2. The highest BCUT2D eigenvalue weighted by atomic mass is 79.9. The van der Waals surface area contributed by atoms with Crippen molar-refractivity contribution in [2.75, 3.05) is 13.2 Å². The Labute approximate surface area is 103 Å². The van der Waals surface area contributed by atoms with Gasteiger partial charge >= 0.3 is 0 Å². The van der Waals surface area contributed by atoms with E-state index >= 15 is 0 Å². The number of rotatable bonds is 3. The lowest BCUT2D eigenvalue weighted by Gasteiger charge is -2.13. The highest BCUT2D eigenvalue weighted by molar-refractivity contribution is 9.10. The minimum Gasteiger partial charge on any atom is -0.378 e. The Morgan fingerprint density at radius 1 is 1.47 bits per heavy atom. The number of hydrogen-bond acceptors (Lipinski definition) is 2. The summed E-state index contributed by atoms with van der Waals surface area (Å²) in [6, 6.07) is 8.52. The third kappa shape index (κ3) is 3.18. The number of alkyl halides is 1. The summed E-state index contributed by atoms with van der Waals surface area (Å²) in [4.78, 5) is 0. The number of nitrogens with one attached hydrogen (secondary N) is 1. The molecule has 2 rings (SSSR count). The third-order valence-electron chi connectivity index (χ3n) is 2.47. The second-order valence-corrected chi connectivity index (χ2v) is 5.15. The van der Waals surface area contributed by atoms with E-state index in [1.54, 1.807) is 0 Å². The molecule has 1 heterocycles. The van der Waals surface area contributed by atoms with E-state index in [1.807, 2.05) is 12.1 Å². The zero-order valence-corrected chi connectivity index (χ0v) is 10.6. The van der Waals surface area contributed by atoms with Crippen molar-refractivity contribution < 1.29 is 4.74 Å². The van der Waals surface area contributed by atoms with Crippen molar-refractivity contribution in [2.24, 2.45) is 0 Å². The highest BCUT2D eigenvalue weighted by Crippen LogP contribution is 2.14. The molecule has 0 aliphatic carbocycles. The Morgan fingerprint density at radius 2 is 2.33 bits per heavy atom. The van der Waals surface area contributed by atoms with Gasteiger partial charge in [-0.3, -0.25) is 0 Å². The van der Waals surface area contributed by atoms with Crippen molar-refractivity contribution in [3.8, 4) is 0 Å². The highest BCUT2D eigenvalue weighted by Gasteiger charge is 2.25. The van der Waals surface area contributed by atoms with Gasteiger partial charge in [-0.15, -0.1) is 11.6 Å². The van der Waals surface area contributed by atoms with Crippen LogP contribution in [0.4, 0.5) is 0 Å². The molecule has 1 aliphatic heterocycles. The zero-order chi connectivity index (χ0) is 10.7. The first-order chi connectivity index (χ1) is 7.25. The summed E-state index contributed by atoms with van der Waals surface area (Å²) in [6.45, 7) is 2.19. The molecule has 0 spiro atoms. The predicted octanol–water partition coefficient (Wildman–Crippen LogP) is 2.54. The van der Waals surface area contributed by atoms with E-state index in [-0.39, 0.29) is 11.4 Å². The standard InChI is InChI=1S/C11H13BrClNO/c12-9-3-1-2-8(4-9)5-14-11-7-15-6-10(11)13/h1-4,10-11,14H,5-7H2. The van der Waals surface area contributed by atoms with Gasteiger partial charge in [-0.1, -0.05) is 28.1 Å². The minimum atomic E-state index is 0.0946. The predicted molar refractivity (Wildman–Crippen MR) is 65.2 cm³/mol. The fraction of sp³-hybridized carbons (Fsp3) is 0.455. The van der Waals surface area contributed by atoms with Crippen LogP contribution >= 0.6 is 27.5 Å². The molecule has 1 fully saturated rings. The average Bonchev–Trinajstić information content (AvgIpc) is 2.61. The van der Waals surface area contributed by atoms with Crippen LogP contribution in [0.15, 0.2) is 28.7 Å². The van der Waals surface area contributed by atoms with E-state index in [2.05, 4.69) is 33.4 Å². The number of benzene rings is 1. The third-order valence-corrected chi connectivity index (χ3v) is 3.39. The number of halogens is 2. The van der Waals surface area contributed by atoms with Gasteiger partial charge in [-0.2, -0.15) is 0 Å². The molecule has 0 saturated carbocycles. The lowest BCUT2D eigenvalue weighted by Crippen LogP contribution is -2.35. The molecule has 2 atom stereocenters. The van der Waals surface area contributed by atoms with Crippen molar-refractivity contribution in [1.82, 2.24) is 5.32 Å². The van der Waals surface area contributed by atoms with Crippen LogP contribution < -0.4 is 5.32 Å². The van der Waals surface area contributed by atoms with Gasteiger partial charge in [-0.05, 0) is 17.7 Å². The van der Waals surface area contributed by atoms with Gasteiger partial charge in [0.2, 0.25) is 0 Å². The van der Waals surface area contributed by atoms with Gasteiger partial charge in [0.15, 0.2) is 0 Å². The molecule has 1 aromatic rings. The summed E-state index contributed by atoms with van der Waals surface area (Å²) in [5.41, 5.74) is 1.25. The van der Waals surface area contributed by atoms with Gasteiger partial charge in [0.25, 0.3) is 0 Å².